The smallest absolute Gasteiger partial charge is 0.341 e. The maximum atomic E-state index is 11.9. The van der Waals surface area contributed by atoms with Crippen LogP contribution < -0.4 is 9.47 Å². The third-order valence-corrected chi connectivity index (χ3v) is 6.45. The molecule has 3 aromatic carbocycles. The number of esters is 1. The lowest BCUT2D eigenvalue weighted by Crippen LogP contribution is -2.04. The van der Waals surface area contributed by atoms with Gasteiger partial charge >= 0.3 is 5.97 Å². The lowest BCUT2D eigenvalue weighted by Gasteiger charge is -2.10. The molecule has 0 saturated carbocycles. The fraction of sp³-hybridized carbons (Fsp3) is 0.240. The van der Waals surface area contributed by atoms with E-state index in [9.17, 15) is 4.79 Å². The molecule has 6 heteroatoms. The number of ether oxygens (including phenoxy) is 3. The van der Waals surface area contributed by atoms with Crippen LogP contribution in [0.15, 0.2) is 72.8 Å². The second-order valence-corrected chi connectivity index (χ2v) is 8.68. The van der Waals surface area contributed by atoms with Crippen LogP contribution >= 0.6 is 23.5 Å². The molecule has 0 amide bonds. The minimum absolute atomic E-state index is 0.388. The van der Waals surface area contributed by atoms with Gasteiger partial charge in [0.05, 0.1) is 14.2 Å². The molecule has 3 rings (SSSR count). The molecule has 0 aliphatic rings. The van der Waals surface area contributed by atoms with E-state index in [1.165, 1.54) is 18.2 Å². The maximum absolute atomic E-state index is 11.9. The predicted octanol–water partition coefficient (Wildman–Crippen LogP) is 6.18. The maximum Gasteiger partial charge on any atom is 0.341 e. The van der Waals surface area contributed by atoms with Crippen molar-refractivity contribution in [2.45, 2.75) is 17.3 Å². The quantitative estimate of drug-likeness (QED) is 0.196. The van der Waals surface area contributed by atoms with E-state index in [1.54, 1.807) is 30.6 Å². The first-order chi connectivity index (χ1) is 15.2. The molecule has 162 valence electrons. The Balaban J connectivity index is 1.42. The van der Waals surface area contributed by atoms with Gasteiger partial charge in [-0.05, 0) is 41.0 Å². The summed E-state index contributed by atoms with van der Waals surface area (Å²) in [7, 11) is 2.92. The molecule has 3 aromatic rings. The average molecular weight is 455 g/mol. The lowest BCUT2D eigenvalue weighted by molar-refractivity contribution is 0.0597. The molecule has 0 fully saturated rings. The van der Waals surface area contributed by atoms with E-state index in [2.05, 4.69) is 36.4 Å². The van der Waals surface area contributed by atoms with E-state index in [0.717, 1.165) is 28.6 Å². The Morgan fingerprint density at radius 3 is 2.13 bits per heavy atom. The van der Waals surface area contributed by atoms with Gasteiger partial charge in [0.2, 0.25) is 0 Å². The summed E-state index contributed by atoms with van der Waals surface area (Å²) in [5.74, 6) is 4.26. The molecular weight excluding hydrogens is 428 g/mol. The Morgan fingerprint density at radius 1 is 0.774 bits per heavy atom. The lowest BCUT2D eigenvalue weighted by atomic mass is 10.1. The van der Waals surface area contributed by atoms with Gasteiger partial charge < -0.3 is 14.2 Å². The number of carbonyl (C=O) groups is 1. The van der Waals surface area contributed by atoms with Gasteiger partial charge in [-0.3, -0.25) is 0 Å². The van der Waals surface area contributed by atoms with Crippen LogP contribution in [-0.4, -0.2) is 26.1 Å². The van der Waals surface area contributed by atoms with Crippen LogP contribution in [0.2, 0.25) is 0 Å². The van der Waals surface area contributed by atoms with Crippen molar-refractivity contribution in [1.29, 1.82) is 0 Å². The number of thioether (sulfide) groups is 2. The summed E-state index contributed by atoms with van der Waals surface area (Å²) in [6, 6.07) is 24.2. The molecule has 0 N–H and O–H groups in total. The van der Waals surface area contributed by atoms with Crippen LogP contribution in [0, 0.1) is 0 Å². The molecule has 0 aromatic heterocycles. The first kappa shape index (κ1) is 23.1. The summed E-state index contributed by atoms with van der Waals surface area (Å²) < 4.78 is 15.9. The number of carbonyl (C=O) groups excluding carboxylic acids is 1. The highest BCUT2D eigenvalue weighted by Gasteiger charge is 2.13. The Bertz CT molecular complexity index is 959. The van der Waals surface area contributed by atoms with Crippen molar-refractivity contribution in [3.05, 3.63) is 95.1 Å². The normalized spacial score (nSPS) is 10.5. The summed E-state index contributed by atoms with van der Waals surface area (Å²) in [6.45, 7) is 0. The van der Waals surface area contributed by atoms with Crippen LogP contribution in [0.5, 0.6) is 11.5 Å². The van der Waals surface area contributed by atoms with Crippen LogP contribution in [0.4, 0.5) is 0 Å². The molecule has 0 bridgehead atoms. The van der Waals surface area contributed by atoms with Crippen molar-refractivity contribution in [3.8, 4) is 11.5 Å². The second kappa shape index (κ2) is 12.3. The van der Waals surface area contributed by atoms with Crippen molar-refractivity contribution in [2.24, 2.45) is 0 Å². The monoisotopic (exact) mass is 454 g/mol. The zero-order chi connectivity index (χ0) is 21.9. The van der Waals surface area contributed by atoms with Crippen LogP contribution in [0.3, 0.4) is 0 Å². The number of benzene rings is 3. The molecule has 0 unspecified atom stereocenters. The molecule has 0 aliphatic carbocycles. The molecule has 4 nitrogen and oxygen atoms in total. The number of methoxy groups -OCH3 is 2. The Kier molecular flexibility index (Phi) is 9.18. The van der Waals surface area contributed by atoms with Gasteiger partial charge in [-0.25, -0.2) is 4.79 Å². The van der Waals surface area contributed by atoms with E-state index in [-0.39, 0.29) is 5.97 Å². The summed E-state index contributed by atoms with van der Waals surface area (Å²) in [4.78, 5) is 11.9. The predicted molar refractivity (Wildman–Crippen MR) is 129 cm³/mol. The Morgan fingerprint density at radius 2 is 1.42 bits per heavy atom. The van der Waals surface area contributed by atoms with Gasteiger partial charge in [0.25, 0.3) is 0 Å². The van der Waals surface area contributed by atoms with Gasteiger partial charge in [0, 0.05) is 17.3 Å². The fourth-order valence-electron chi connectivity index (χ4n) is 2.93. The van der Waals surface area contributed by atoms with Crippen LogP contribution in [0.25, 0.3) is 0 Å². The standard InChI is InChI=1S/C25H26O4S2/c1-27-24-13-10-21(14-23(24)25(26)28-2)17-30-15-20-8-11-22(12-9-20)29-18-31-16-19-6-4-3-5-7-19/h3-14H,15-18H2,1-2H3. The zero-order valence-electron chi connectivity index (χ0n) is 17.7. The second-order valence-electron chi connectivity index (χ2n) is 6.76. The highest BCUT2D eigenvalue weighted by molar-refractivity contribution is 7.98. The molecule has 0 heterocycles. The summed E-state index contributed by atoms with van der Waals surface area (Å²) in [5, 5.41) is 0. The van der Waals surface area contributed by atoms with Gasteiger partial charge in [-0.15, -0.1) is 11.8 Å². The number of hydrogen-bond acceptors (Lipinski definition) is 6. The summed E-state index contributed by atoms with van der Waals surface area (Å²) in [5.41, 5.74) is 4.05. The van der Waals surface area contributed by atoms with Crippen molar-refractivity contribution in [2.75, 3.05) is 20.2 Å². The minimum atomic E-state index is -0.388. The third-order valence-electron chi connectivity index (χ3n) is 4.55. The van der Waals surface area contributed by atoms with Gasteiger partial charge in [-0.2, -0.15) is 11.8 Å². The average Bonchev–Trinajstić information content (AvgIpc) is 2.83. The van der Waals surface area contributed by atoms with Crippen LogP contribution in [-0.2, 0) is 22.0 Å². The summed E-state index contributed by atoms with van der Waals surface area (Å²) >= 11 is 3.54. The van der Waals surface area contributed by atoms with Crippen molar-refractivity contribution < 1.29 is 19.0 Å². The van der Waals surface area contributed by atoms with Gasteiger partial charge in [-0.1, -0.05) is 48.5 Å². The van der Waals surface area contributed by atoms with Crippen LogP contribution in [0.1, 0.15) is 27.0 Å². The molecule has 0 saturated heterocycles. The fourth-order valence-corrected chi connectivity index (χ4v) is 4.60. The molecule has 31 heavy (non-hydrogen) atoms. The van der Waals surface area contributed by atoms with E-state index < -0.39 is 0 Å². The molecule has 0 spiro atoms. The molecular formula is C25H26O4S2. The molecule has 0 atom stereocenters. The summed E-state index contributed by atoms with van der Waals surface area (Å²) in [6.07, 6.45) is 0. The topological polar surface area (TPSA) is 44.8 Å². The van der Waals surface area contributed by atoms with Gasteiger partial charge in [0.1, 0.15) is 23.0 Å². The van der Waals surface area contributed by atoms with E-state index in [0.29, 0.717) is 17.3 Å². The first-order valence-electron chi connectivity index (χ1n) is 9.86. The highest BCUT2D eigenvalue weighted by atomic mass is 32.2. The first-order valence-corrected chi connectivity index (χ1v) is 12.2. The van der Waals surface area contributed by atoms with Crippen molar-refractivity contribution >= 4 is 29.5 Å². The zero-order valence-corrected chi connectivity index (χ0v) is 19.3. The number of rotatable bonds is 11. The minimum Gasteiger partial charge on any atom is -0.496 e. The van der Waals surface area contributed by atoms with Crippen molar-refractivity contribution in [1.82, 2.24) is 0 Å². The Hall–Kier alpha value is -2.57. The van der Waals surface area contributed by atoms with Gasteiger partial charge in [0.15, 0.2) is 0 Å². The van der Waals surface area contributed by atoms with E-state index in [4.69, 9.17) is 14.2 Å². The molecule has 0 aliphatic heterocycles. The Labute approximate surface area is 192 Å². The van der Waals surface area contributed by atoms with Crippen molar-refractivity contribution in [3.63, 3.8) is 0 Å². The largest absolute Gasteiger partial charge is 0.496 e. The van der Waals surface area contributed by atoms with E-state index >= 15 is 0 Å². The SMILES string of the molecule is COC(=O)c1cc(CSCc2ccc(OCSCc3ccccc3)cc2)ccc1OC. The third kappa shape index (κ3) is 7.26. The molecule has 0 radical (unpaired) electrons. The highest BCUT2D eigenvalue weighted by Crippen LogP contribution is 2.25. The number of hydrogen-bond donors (Lipinski definition) is 0. The van der Waals surface area contributed by atoms with E-state index in [1.807, 2.05) is 36.4 Å².